The molecule has 0 spiro atoms. The Kier molecular flexibility index (Phi) is 4.31. The molecule has 1 saturated heterocycles. The summed E-state index contributed by atoms with van der Waals surface area (Å²) >= 11 is 0. The maximum atomic E-state index is 12.1. The molecular formula is C13H17N3O4. The standard InChI is InChI=1S/C13H17N3O4/c1-8-5-9(2)12(16(18)19)6-10(8)15-13(17)11-7-20-4-3-14-11/h5-6,11,14H,3-4,7H2,1-2H3,(H,15,17). The summed E-state index contributed by atoms with van der Waals surface area (Å²) in [5.41, 5.74) is 1.82. The van der Waals surface area contributed by atoms with Gasteiger partial charge in [0.05, 0.1) is 23.8 Å². The number of anilines is 1. The highest BCUT2D eigenvalue weighted by molar-refractivity contribution is 5.96. The van der Waals surface area contributed by atoms with Crippen LogP contribution in [0.2, 0.25) is 0 Å². The number of nitro groups is 1. The molecule has 20 heavy (non-hydrogen) atoms. The van der Waals surface area contributed by atoms with Gasteiger partial charge in [-0.05, 0) is 25.5 Å². The van der Waals surface area contributed by atoms with Crippen molar-refractivity contribution in [2.75, 3.05) is 25.1 Å². The molecule has 0 saturated carbocycles. The van der Waals surface area contributed by atoms with Crippen molar-refractivity contribution in [3.8, 4) is 0 Å². The Morgan fingerprint density at radius 3 is 2.80 bits per heavy atom. The number of rotatable bonds is 3. The van der Waals surface area contributed by atoms with Crippen LogP contribution >= 0.6 is 0 Å². The summed E-state index contributed by atoms with van der Waals surface area (Å²) in [4.78, 5) is 22.5. The summed E-state index contributed by atoms with van der Waals surface area (Å²) in [6.07, 6.45) is 0. The molecule has 1 fully saturated rings. The van der Waals surface area contributed by atoms with E-state index < -0.39 is 11.0 Å². The molecule has 108 valence electrons. The maximum Gasteiger partial charge on any atom is 0.274 e. The van der Waals surface area contributed by atoms with Gasteiger partial charge in [-0.1, -0.05) is 0 Å². The second-order valence-corrected chi connectivity index (χ2v) is 4.78. The van der Waals surface area contributed by atoms with Gasteiger partial charge in [-0.3, -0.25) is 14.9 Å². The van der Waals surface area contributed by atoms with E-state index in [1.54, 1.807) is 19.9 Å². The van der Waals surface area contributed by atoms with Crippen molar-refractivity contribution < 1.29 is 14.5 Å². The predicted octanol–water partition coefficient (Wildman–Crippen LogP) is 1.14. The first-order valence-electron chi connectivity index (χ1n) is 6.36. The Bertz CT molecular complexity index is 539. The number of nitro benzene ring substituents is 1. The zero-order valence-electron chi connectivity index (χ0n) is 11.4. The van der Waals surface area contributed by atoms with Gasteiger partial charge in [0.15, 0.2) is 0 Å². The van der Waals surface area contributed by atoms with Gasteiger partial charge in [-0.25, -0.2) is 0 Å². The van der Waals surface area contributed by atoms with Gasteiger partial charge >= 0.3 is 0 Å². The lowest BCUT2D eigenvalue weighted by molar-refractivity contribution is -0.385. The average molecular weight is 279 g/mol. The van der Waals surface area contributed by atoms with E-state index >= 15 is 0 Å². The number of ether oxygens (including phenoxy) is 1. The van der Waals surface area contributed by atoms with Crippen molar-refractivity contribution >= 4 is 17.3 Å². The molecule has 2 N–H and O–H groups in total. The number of carbonyl (C=O) groups excluding carboxylic acids is 1. The van der Waals surface area contributed by atoms with Gasteiger partial charge in [-0.15, -0.1) is 0 Å². The predicted molar refractivity (Wildman–Crippen MR) is 73.8 cm³/mol. The fourth-order valence-corrected chi connectivity index (χ4v) is 2.13. The minimum absolute atomic E-state index is 0.00115. The molecule has 1 atom stereocenters. The lowest BCUT2D eigenvalue weighted by Gasteiger charge is -2.23. The van der Waals surface area contributed by atoms with Crippen molar-refractivity contribution in [1.82, 2.24) is 5.32 Å². The van der Waals surface area contributed by atoms with Gasteiger partial charge in [0.2, 0.25) is 5.91 Å². The highest BCUT2D eigenvalue weighted by Gasteiger charge is 2.22. The fraction of sp³-hybridized carbons (Fsp3) is 0.462. The number of benzene rings is 1. The van der Waals surface area contributed by atoms with Crippen LogP contribution in [0.4, 0.5) is 11.4 Å². The Morgan fingerprint density at radius 1 is 1.45 bits per heavy atom. The Hall–Kier alpha value is -1.99. The monoisotopic (exact) mass is 279 g/mol. The van der Waals surface area contributed by atoms with Crippen molar-refractivity contribution in [3.05, 3.63) is 33.4 Å². The lowest BCUT2D eigenvalue weighted by atomic mass is 10.1. The summed E-state index contributed by atoms with van der Waals surface area (Å²) in [5, 5.41) is 16.7. The van der Waals surface area contributed by atoms with Gasteiger partial charge in [-0.2, -0.15) is 0 Å². The molecule has 1 aromatic rings. The molecule has 0 radical (unpaired) electrons. The highest BCUT2D eigenvalue weighted by atomic mass is 16.6. The number of aryl methyl sites for hydroxylation is 2. The van der Waals surface area contributed by atoms with Crippen LogP contribution in [0.15, 0.2) is 12.1 Å². The van der Waals surface area contributed by atoms with E-state index in [0.717, 1.165) is 5.56 Å². The van der Waals surface area contributed by atoms with Crippen molar-refractivity contribution in [2.45, 2.75) is 19.9 Å². The molecule has 0 aliphatic carbocycles. The molecule has 2 rings (SSSR count). The van der Waals surface area contributed by atoms with Crippen LogP contribution in [-0.4, -0.2) is 36.6 Å². The first-order valence-corrected chi connectivity index (χ1v) is 6.36. The van der Waals surface area contributed by atoms with Crippen LogP contribution < -0.4 is 10.6 Å². The number of hydrogen-bond acceptors (Lipinski definition) is 5. The van der Waals surface area contributed by atoms with Crippen LogP contribution in [0, 0.1) is 24.0 Å². The van der Waals surface area contributed by atoms with Crippen LogP contribution in [0.1, 0.15) is 11.1 Å². The molecule has 1 aliphatic rings. The van der Waals surface area contributed by atoms with E-state index in [4.69, 9.17) is 4.74 Å². The lowest BCUT2D eigenvalue weighted by Crippen LogP contribution is -2.48. The third kappa shape index (κ3) is 3.12. The topological polar surface area (TPSA) is 93.5 Å². The number of morpholine rings is 1. The number of nitrogens with one attached hydrogen (secondary N) is 2. The molecule has 1 unspecified atom stereocenters. The van der Waals surface area contributed by atoms with E-state index in [1.807, 2.05) is 0 Å². The highest BCUT2D eigenvalue weighted by Crippen LogP contribution is 2.26. The average Bonchev–Trinajstić information content (AvgIpc) is 2.42. The SMILES string of the molecule is Cc1cc(C)c([N+](=O)[O-])cc1NC(=O)C1COCCN1. The smallest absolute Gasteiger partial charge is 0.274 e. The summed E-state index contributed by atoms with van der Waals surface area (Å²) in [6, 6.07) is 2.66. The summed E-state index contributed by atoms with van der Waals surface area (Å²) in [6.45, 7) is 4.98. The Morgan fingerprint density at radius 2 is 2.20 bits per heavy atom. The summed E-state index contributed by atoms with van der Waals surface area (Å²) < 4.78 is 5.22. The van der Waals surface area contributed by atoms with Gasteiger partial charge in [0, 0.05) is 18.2 Å². The third-order valence-corrected chi connectivity index (χ3v) is 3.24. The largest absolute Gasteiger partial charge is 0.378 e. The van der Waals surface area contributed by atoms with E-state index in [9.17, 15) is 14.9 Å². The van der Waals surface area contributed by atoms with Gasteiger partial charge in [0.1, 0.15) is 6.04 Å². The molecule has 1 heterocycles. The minimum atomic E-state index is -0.452. The Labute approximate surface area is 116 Å². The molecule has 1 amide bonds. The molecule has 0 bridgehead atoms. The van der Waals surface area contributed by atoms with Crippen molar-refractivity contribution in [3.63, 3.8) is 0 Å². The number of carbonyl (C=O) groups is 1. The molecule has 1 aliphatic heterocycles. The minimum Gasteiger partial charge on any atom is -0.378 e. The fourth-order valence-electron chi connectivity index (χ4n) is 2.13. The van der Waals surface area contributed by atoms with Crippen LogP contribution in [0.25, 0.3) is 0 Å². The van der Waals surface area contributed by atoms with Crippen LogP contribution in [0.5, 0.6) is 0 Å². The molecule has 0 aromatic heterocycles. The van der Waals surface area contributed by atoms with Gasteiger partial charge < -0.3 is 15.4 Å². The van der Waals surface area contributed by atoms with E-state index in [1.165, 1.54) is 6.07 Å². The summed E-state index contributed by atoms with van der Waals surface area (Å²) in [7, 11) is 0. The third-order valence-electron chi connectivity index (χ3n) is 3.24. The molecule has 7 heteroatoms. The second-order valence-electron chi connectivity index (χ2n) is 4.78. The number of amides is 1. The zero-order valence-corrected chi connectivity index (χ0v) is 11.4. The quantitative estimate of drug-likeness (QED) is 0.639. The van der Waals surface area contributed by atoms with E-state index in [0.29, 0.717) is 31.0 Å². The first-order chi connectivity index (χ1) is 9.49. The van der Waals surface area contributed by atoms with Crippen molar-refractivity contribution in [2.24, 2.45) is 0 Å². The van der Waals surface area contributed by atoms with E-state index in [2.05, 4.69) is 10.6 Å². The van der Waals surface area contributed by atoms with Crippen molar-refractivity contribution in [1.29, 1.82) is 0 Å². The number of nitrogens with zero attached hydrogens (tertiary/aromatic N) is 1. The molecule has 7 nitrogen and oxygen atoms in total. The second kappa shape index (κ2) is 5.98. The molecular weight excluding hydrogens is 262 g/mol. The van der Waals surface area contributed by atoms with Crippen LogP contribution in [-0.2, 0) is 9.53 Å². The molecule has 1 aromatic carbocycles. The first kappa shape index (κ1) is 14.4. The summed E-state index contributed by atoms with van der Waals surface area (Å²) in [5.74, 6) is -0.244. The van der Waals surface area contributed by atoms with E-state index in [-0.39, 0.29) is 11.6 Å². The normalized spacial score (nSPS) is 18.6. The van der Waals surface area contributed by atoms with Crippen LogP contribution in [0.3, 0.4) is 0 Å². The van der Waals surface area contributed by atoms with Gasteiger partial charge in [0.25, 0.3) is 5.69 Å². The maximum absolute atomic E-state index is 12.1. The number of hydrogen-bond donors (Lipinski definition) is 2. The zero-order chi connectivity index (χ0) is 14.7. The Balaban J connectivity index is 2.18.